The minimum atomic E-state index is -0.937. The predicted molar refractivity (Wildman–Crippen MR) is 101 cm³/mol. The molecule has 3 aromatic rings. The van der Waals surface area contributed by atoms with Gasteiger partial charge in [-0.05, 0) is 19.4 Å². The van der Waals surface area contributed by atoms with Crippen LogP contribution >= 0.6 is 0 Å². The van der Waals surface area contributed by atoms with Gasteiger partial charge in [-0.2, -0.15) is 5.10 Å². The monoisotopic (exact) mass is 336 g/mol. The Kier molecular flexibility index (Phi) is 5.17. The Hall–Kier alpha value is -2.62. The van der Waals surface area contributed by atoms with Crippen LogP contribution in [0.3, 0.4) is 0 Å². The number of rotatable bonds is 7. The van der Waals surface area contributed by atoms with Gasteiger partial charge < -0.3 is 5.11 Å². The van der Waals surface area contributed by atoms with Crippen LogP contribution in [0, 0.1) is 0 Å². The predicted octanol–water partition coefficient (Wildman–Crippen LogP) is 5.54. The van der Waals surface area contributed by atoms with E-state index in [0.29, 0.717) is 5.52 Å². The number of carboxylic acid groups (broad SMARTS) is 1. The highest BCUT2D eigenvalue weighted by Gasteiger charge is 2.20. The summed E-state index contributed by atoms with van der Waals surface area (Å²) in [7, 11) is 0. The minimum Gasteiger partial charge on any atom is -0.478 e. The van der Waals surface area contributed by atoms with Gasteiger partial charge in [-0.3, -0.25) is 4.68 Å². The van der Waals surface area contributed by atoms with E-state index in [0.717, 1.165) is 29.5 Å². The van der Waals surface area contributed by atoms with E-state index in [-0.39, 0.29) is 11.6 Å². The van der Waals surface area contributed by atoms with Gasteiger partial charge in [0.05, 0.1) is 11.3 Å². The first-order chi connectivity index (χ1) is 12.1. The van der Waals surface area contributed by atoms with Crippen LogP contribution in [0.15, 0.2) is 48.5 Å². The molecule has 0 amide bonds. The lowest BCUT2D eigenvalue weighted by Gasteiger charge is -2.16. The number of nitrogens with zero attached hydrogens (tertiary/aromatic N) is 2. The van der Waals surface area contributed by atoms with E-state index in [2.05, 4.69) is 26.0 Å². The average Bonchev–Trinajstić information content (AvgIpc) is 3.02. The second kappa shape index (κ2) is 7.51. The number of carbonyl (C=O) groups is 1. The van der Waals surface area contributed by atoms with Crippen molar-refractivity contribution in [3.05, 3.63) is 54.1 Å². The van der Waals surface area contributed by atoms with Gasteiger partial charge in [-0.1, -0.05) is 68.7 Å². The number of carboxylic acids is 1. The maximum atomic E-state index is 11.6. The second-order valence-corrected chi connectivity index (χ2v) is 6.51. The van der Waals surface area contributed by atoms with E-state index >= 15 is 0 Å². The first-order valence-corrected chi connectivity index (χ1v) is 8.93. The molecule has 0 spiro atoms. The summed E-state index contributed by atoms with van der Waals surface area (Å²) in [4.78, 5) is 11.6. The SMILES string of the molecule is CCCCCC(C)n1nc2c(C(=O)O)cccc2c1-c1ccccc1. The summed E-state index contributed by atoms with van der Waals surface area (Å²) >= 11 is 0. The molecule has 2 aromatic carbocycles. The average molecular weight is 336 g/mol. The van der Waals surface area contributed by atoms with Crippen molar-refractivity contribution in [2.45, 2.75) is 45.6 Å². The smallest absolute Gasteiger partial charge is 0.337 e. The second-order valence-electron chi connectivity index (χ2n) is 6.51. The Labute approximate surface area is 148 Å². The molecule has 0 saturated heterocycles. The molecule has 130 valence electrons. The number of aromatic nitrogens is 2. The van der Waals surface area contributed by atoms with Gasteiger partial charge >= 0.3 is 5.97 Å². The van der Waals surface area contributed by atoms with Gasteiger partial charge in [0.15, 0.2) is 0 Å². The number of benzene rings is 2. The van der Waals surface area contributed by atoms with Gasteiger partial charge in [0.2, 0.25) is 0 Å². The van der Waals surface area contributed by atoms with Gasteiger partial charge in [0.25, 0.3) is 0 Å². The van der Waals surface area contributed by atoms with Gasteiger partial charge in [0, 0.05) is 17.0 Å². The molecule has 0 aliphatic carbocycles. The Morgan fingerprint density at radius 3 is 2.56 bits per heavy atom. The van der Waals surface area contributed by atoms with Gasteiger partial charge in [0.1, 0.15) is 5.52 Å². The first kappa shape index (κ1) is 17.2. The van der Waals surface area contributed by atoms with Crippen molar-refractivity contribution >= 4 is 16.9 Å². The maximum Gasteiger partial charge on any atom is 0.337 e. The third-order valence-electron chi connectivity index (χ3n) is 4.65. The zero-order valence-electron chi connectivity index (χ0n) is 14.8. The summed E-state index contributed by atoms with van der Waals surface area (Å²) in [5, 5.41) is 15.1. The summed E-state index contributed by atoms with van der Waals surface area (Å²) in [6.07, 6.45) is 4.56. The zero-order valence-corrected chi connectivity index (χ0v) is 14.8. The molecule has 1 unspecified atom stereocenters. The molecule has 4 nitrogen and oxygen atoms in total. The number of fused-ring (bicyclic) bond motifs is 1. The molecule has 1 N–H and O–H groups in total. The molecule has 1 heterocycles. The molecule has 0 fully saturated rings. The highest BCUT2D eigenvalue weighted by atomic mass is 16.4. The number of hydrogen-bond acceptors (Lipinski definition) is 2. The molecule has 0 saturated carbocycles. The molecule has 1 atom stereocenters. The summed E-state index contributed by atoms with van der Waals surface area (Å²) in [6.45, 7) is 4.36. The fourth-order valence-corrected chi connectivity index (χ4v) is 3.31. The van der Waals surface area contributed by atoms with Crippen LogP contribution in [-0.4, -0.2) is 20.9 Å². The maximum absolute atomic E-state index is 11.6. The molecule has 0 aliphatic rings. The molecular formula is C21H24N2O2. The normalized spacial score (nSPS) is 12.4. The quantitative estimate of drug-likeness (QED) is 0.576. The van der Waals surface area contributed by atoms with Crippen LogP contribution in [0.5, 0.6) is 0 Å². The van der Waals surface area contributed by atoms with E-state index in [4.69, 9.17) is 5.10 Å². The summed E-state index contributed by atoms with van der Waals surface area (Å²) < 4.78 is 2.02. The number of hydrogen-bond donors (Lipinski definition) is 1. The highest BCUT2D eigenvalue weighted by Crippen LogP contribution is 2.33. The van der Waals surface area contributed by atoms with Crippen molar-refractivity contribution in [2.24, 2.45) is 0 Å². The van der Waals surface area contributed by atoms with Crippen molar-refractivity contribution in [1.29, 1.82) is 0 Å². The van der Waals surface area contributed by atoms with E-state index in [1.807, 2.05) is 28.9 Å². The molecule has 0 bridgehead atoms. The third kappa shape index (κ3) is 3.43. The number of aromatic carboxylic acids is 1. The van der Waals surface area contributed by atoms with Crippen LogP contribution in [0.1, 0.15) is 55.9 Å². The molecule has 0 radical (unpaired) electrons. The Morgan fingerprint density at radius 2 is 1.88 bits per heavy atom. The van der Waals surface area contributed by atoms with Crippen molar-refractivity contribution in [1.82, 2.24) is 9.78 Å². The van der Waals surface area contributed by atoms with Crippen LogP contribution in [0.4, 0.5) is 0 Å². The van der Waals surface area contributed by atoms with Gasteiger partial charge in [-0.25, -0.2) is 4.79 Å². The molecule has 25 heavy (non-hydrogen) atoms. The summed E-state index contributed by atoms with van der Waals surface area (Å²) in [5.41, 5.74) is 2.89. The van der Waals surface area contributed by atoms with Crippen LogP contribution < -0.4 is 0 Å². The fraction of sp³-hybridized carbons (Fsp3) is 0.333. The lowest BCUT2D eigenvalue weighted by atomic mass is 10.0. The van der Waals surface area contributed by atoms with E-state index in [9.17, 15) is 9.90 Å². The molecular weight excluding hydrogens is 312 g/mol. The van der Waals surface area contributed by atoms with E-state index in [1.54, 1.807) is 12.1 Å². The zero-order chi connectivity index (χ0) is 17.8. The Balaban J connectivity index is 2.17. The fourth-order valence-electron chi connectivity index (χ4n) is 3.31. The first-order valence-electron chi connectivity index (χ1n) is 8.93. The van der Waals surface area contributed by atoms with E-state index in [1.165, 1.54) is 12.8 Å². The van der Waals surface area contributed by atoms with Crippen molar-refractivity contribution in [2.75, 3.05) is 0 Å². The van der Waals surface area contributed by atoms with E-state index < -0.39 is 5.97 Å². The Morgan fingerprint density at radius 1 is 1.12 bits per heavy atom. The minimum absolute atomic E-state index is 0.218. The molecule has 3 rings (SSSR count). The highest BCUT2D eigenvalue weighted by molar-refractivity contribution is 6.05. The Bertz CT molecular complexity index is 868. The largest absolute Gasteiger partial charge is 0.478 e. The molecule has 1 aromatic heterocycles. The molecule has 4 heteroatoms. The topological polar surface area (TPSA) is 55.1 Å². The lowest BCUT2D eigenvalue weighted by molar-refractivity contribution is 0.0698. The standard InChI is InChI=1S/C21H24N2O2/c1-3-4-6-10-15(2)23-20(16-11-7-5-8-12-16)17-13-9-14-18(21(24)25)19(17)22-23/h5,7-9,11-15H,3-4,6,10H2,1-2H3,(H,24,25). The van der Waals surface area contributed by atoms with Crippen molar-refractivity contribution in [3.63, 3.8) is 0 Å². The summed E-state index contributed by atoms with van der Waals surface area (Å²) in [6, 6.07) is 15.7. The molecule has 0 aliphatic heterocycles. The lowest BCUT2D eigenvalue weighted by Crippen LogP contribution is -2.09. The third-order valence-corrected chi connectivity index (χ3v) is 4.65. The van der Waals surface area contributed by atoms with Crippen LogP contribution in [0.2, 0.25) is 0 Å². The summed E-state index contributed by atoms with van der Waals surface area (Å²) in [5.74, 6) is -0.937. The van der Waals surface area contributed by atoms with Crippen molar-refractivity contribution in [3.8, 4) is 11.3 Å². The number of unbranched alkanes of at least 4 members (excludes halogenated alkanes) is 2. The van der Waals surface area contributed by atoms with Gasteiger partial charge in [-0.15, -0.1) is 0 Å². The van der Waals surface area contributed by atoms with Crippen LogP contribution in [-0.2, 0) is 0 Å². The van der Waals surface area contributed by atoms with Crippen LogP contribution in [0.25, 0.3) is 22.2 Å². The van der Waals surface area contributed by atoms with Crippen molar-refractivity contribution < 1.29 is 9.90 Å².